The number of nitrogens with one attached hydrogen (secondary N) is 2. The topological polar surface area (TPSA) is 202 Å². The highest BCUT2D eigenvalue weighted by Gasteiger charge is 2.28. The highest BCUT2D eigenvalue weighted by Crippen LogP contribution is 1.97. The van der Waals surface area contributed by atoms with Gasteiger partial charge in [0.1, 0.15) is 12.1 Å². The molecule has 3 unspecified atom stereocenters. The van der Waals surface area contributed by atoms with Crippen molar-refractivity contribution in [3.8, 4) is 0 Å². The maximum atomic E-state index is 11.8. The average molecular weight is 318 g/mol. The van der Waals surface area contributed by atoms with Crippen molar-refractivity contribution >= 4 is 29.7 Å². The first kappa shape index (κ1) is 19.3. The molecule has 0 aromatic rings. The van der Waals surface area contributed by atoms with E-state index in [0.29, 0.717) is 0 Å². The van der Waals surface area contributed by atoms with Crippen LogP contribution in [0.15, 0.2) is 0 Å². The van der Waals surface area contributed by atoms with Crippen LogP contribution in [0.2, 0.25) is 0 Å². The normalized spacial score (nSPS) is 14.3. The predicted molar refractivity (Wildman–Crippen MR) is 71.2 cm³/mol. The fourth-order valence-corrected chi connectivity index (χ4v) is 1.35. The monoisotopic (exact) mass is 318 g/mol. The van der Waals surface area contributed by atoms with Gasteiger partial charge in [0, 0.05) is 0 Å². The molecule has 3 atom stereocenters. The van der Waals surface area contributed by atoms with Gasteiger partial charge in [0.2, 0.25) is 17.7 Å². The summed E-state index contributed by atoms with van der Waals surface area (Å²) in [5.41, 5.74) is 10.3. The lowest BCUT2D eigenvalue weighted by molar-refractivity contribution is -0.142. The van der Waals surface area contributed by atoms with E-state index in [1.165, 1.54) is 6.92 Å². The molecular formula is C11H18N4O7. The van der Waals surface area contributed by atoms with Gasteiger partial charge in [-0.25, -0.2) is 0 Å². The summed E-state index contributed by atoms with van der Waals surface area (Å²) >= 11 is 0. The molecule has 0 aliphatic rings. The standard InChI is InChI=1S/C11H18N4O7/c1-4(11(21)22)14-10(20)6(3-7(13)16)15-9(19)5(12)2-8(17)18/h4-6H,2-3,12H2,1H3,(H2,13,16)(H,14,20)(H,15,19)(H,17,18)(H,21,22). The maximum absolute atomic E-state index is 11.8. The molecule has 22 heavy (non-hydrogen) atoms. The van der Waals surface area contributed by atoms with Crippen LogP contribution in [0.4, 0.5) is 0 Å². The van der Waals surface area contributed by atoms with Crippen molar-refractivity contribution in [1.82, 2.24) is 10.6 Å². The van der Waals surface area contributed by atoms with E-state index < -0.39 is 60.6 Å². The van der Waals surface area contributed by atoms with Crippen LogP contribution < -0.4 is 22.1 Å². The van der Waals surface area contributed by atoms with Crippen molar-refractivity contribution in [2.24, 2.45) is 11.5 Å². The summed E-state index contributed by atoms with van der Waals surface area (Å²) in [7, 11) is 0. The Bertz CT molecular complexity index is 479. The van der Waals surface area contributed by atoms with E-state index in [1.807, 2.05) is 0 Å². The summed E-state index contributed by atoms with van der Waals surface area (Å²) in [6, 6.07) is -4.14. The zero-order valence-corrected chi connectivity index (χ0v) is 11.7. The smallest absolute Gasteiger partial charge is 0.325 e. The first-order valence-corrected chi connectivity index (χ1v) is 6.13. The van der Waals surface area contributed by atoms with Crippen LogP contribution in [0.25, 0.3) is 0 Å². The molecule has 0 spiro atoms. The predicted octanol–water partition coefficient (Wildman–Crippen LogP) is -3.26. The summed E-state index contributed by atoms with van der Waals surface area (Å²) in [4.78, 5) is 55.5. The Morgan fingerprint density at radius 2 is 1.55 bits per heavy atom. The third kappa shape index (κ3) is 7.19. The number of hydrogen-bond donors (Lipinski definition) is 6. The van der Waals surface area contributed by atoms with Gasteiger partial charge in [0.25, 0.3) is 0 Å². The van der Waals surface area contributed by atoms with Crippen LogP contribution in [0.3, 0.4) is 0 Å². The molecule has 124 valence electrons. The molecule has 0 rings (SSSR count). The van der Waals surface area contributed by atoms with E-state index in [1.54, 1.807) is 0 Å². The Morgan fingerprint density at radius 1 is 1.00 bits per heavy atom. The highest BCUT2D eigenvalue weighted by atomic mass is 16.4. The first-order valence-electron chi connectivity index (χ1n) is 6.13. The SMILES string of the molecule is CC(NC(=O)C(CC(N)=O)NC(=O)C(N)CC(=O)O)C(=O)O. The molecule has 0 aromatic carbocycles. The second-order valence-electron chi connectivity index (χ2n) is 4.50. The summed E-state index contributed by atoms with van der Waals surface area (Å²) in [6.07, 6.45) is -1.27. The molecule has 0 bridgehead atoms. The zero-order chi connectivity index (χ0) is 17.4. The van der Waals surface area contributed by atoms with Gasteiger partial charge in [0.15, 0.2) is 0 Å². The van der Waals surface area contributed by atoms with Crippen LogP contribution in [0, 0.1) is 0 Å². The molecule has 8 N–H and O–H groups in total. The van der Waals surface area contributed by atoms with Gasteiger partial charge in [-0.2, -0.15) is 0 Å². The van der Waals surface area contributed by atoms with E-state index in [9.17, 15) is 24.0 Å². The molecule has 0 fully saturated rings. The van der Waals surface area contributed by atoms with Gasteiger partial charge in [-0.05, 0) is 6.92 Å². The number of primary amides is 1. The lowest BCUT2D eigenvalue weighted by atomic mass is 10.1. The molecule has 0 heterocycles. The third-order valence-electron chi connectivity index (χ3n) is 2.50. The minimum absolute atomic E-state index is 0.594. The van der Waals surface area contributed by atoms with Crippen LogP contribution in [-0.2, 0) is 24.0 Å². The summed E-state index contributed by atoms with van der Waals surface area (Å²) in [5.74, 6) is -5.50. The van der Waals surface area contributed by atoms with E-state index in [0.717, 1.165) is 0 Å². The molecule has 0 radical (unpaired) electrons. The molecule has 11 heteroatoms. The lowest BCUT2D eigenvalue weighted by Crippen LogP contribution is -2.55. The van der Waals surface area contributed by atoms with Crippen molar-refractivity contribution in [1.29, 1.82) is 0 Å². The number of amides is 3. The van der Waals surface area contributed by atoms with Crippen LogP contribution in [0.1, 0.15) is 19.8 Å². The Morgan fingerprint density at radius 3 is 1.95 bits per heavy atom. The number of rotatable bonds is 9. The molecule has 0 saturated heterocycles. The van der Waals surface area contributed by atoms with Crippen molar-refractivity contribution in [2.45, 2.75) is 37.9 Å². The van der Waals surface area contributed by atoms with E-state index in [2.05, 4.69) is 10.6 Å². The average Bonchev–Trinajstić information content (AvgIpc) is 2.35. The quantitative estimate of drug-likeness (QED) is 0.254. The van der Waals surface area contributed by atoms with Gasteiger partial charge >= 0.3 is 11.9 Å². The molecule has 0 saturated carbocycles. The number of carboxylic acid groups (broad SMARTS) is 2. The Labute approximate surface area is 125 Å². The van der Waals surface area contributed by atoms with Crippen LogP contribution in [0.5, 0.6) is 0 Å². The number of carbonyl (C=O) groups excluding carboxylic acids is 3. The van der Waals surface area contributed by atoms with E-state index in [-0.39, 0.29) is 0 Å². The Kier molecular flexibility index (Phi) is 7.52. The van der Waals surface area contributed by atoms with Gasteiger partial charge in [0.05, 0.1) is 18.9 Å². The lowest BCUT2D eigenvalue weighted by Gasteiger charge is -2.20. The Balaban J connectivity index is 4.86. The highest BCUT2D eigenvalue weighted by molar-refractivity contribution is 5.95. The van der Waals surface area contributed by atoms with E-state index in [4.69, 9.17) is 21.7 Å². The Hall–Kier alpha value is -2.69. The molecule has 3 amide bonds. The minimum Gasteiger partial charge on any atom is -0.481 e. The van der Waals surface area contributed by atoms with Gasteiger partial charge < -0.3 is 32.3 Å². The fourth-order valence-electron chi connectivity index (χ4n) is 1.35. The van der Waals surface area contributed by atoms with Gasteiger partial charge in [-0.15, -0.1) is 0 Å². The summed E-state index contributed by atoms with van der Waals surface area (Å²) in [6.45, 7) is 1.18. The van der Waals surface area contributed by atoms with Crippen LogP contribution >= 0.6 is 0 Å². The number of carboxylic acids is 2. The first-order chi connectivity index (χ1) is 10.0. The summed E-state index contributed by atoms with van der Waals surface area (Å²) < 4.78 is 0. The zero-order valence-electron chi connectivity index (χ0n) is 11.7. The molecule has 11 nitrogen and oxygen atoms in total. The second kappa shape index (κ2) is 8.56. The number of nitrogens with two attached hydrogens (primary N) is 2. The maximum Gasteiger partial charge on any atom is 0.325 e. The largest absolute Gasteiger partial charge is 0.481 e. The molecule has 0 aliphatic carbocycles. The molecular weight excluding hydrogens is 300 g/mol. The number of aliphatic carboxylic acids is 2. The van der Waals surface area contributed by atoms with Gasteiger partial charge in [-0.1, -0.05) is 0 Å². The number of carbonyl (C=O) groups is 5. The third-order valence-corrected chi connectivity index (χ3v) is 2.50. The molecule has 0 aromatic heterocycles. The van der Waals surface area contributed by atoms with Crippen molar-refractivity contribution in [2.75, 3.05) is 0 Å². The van der Waals surface area contributed by atoms with E-state index >= 15 is 0 Å². The molecule has 0 aliphatic heterocycles. The number of hydrogen-bond acceptors (Lipinski definition) is 6. The van der Waals surface area contributed by atoms with Crippen LogP contribution in [-0.4, -0.2) is 58.0 Å². The minimum atomic E-state index is -1.45. The van der Waals surface area contributed by atoms with Crippen molar-refractivity contribution < 1.29 is 34.2 Å². The van der Waals surface area contributed by atoms with Gasteiger partial charge in [-0.3, -0.25) is 24.0 Å². The fraction of sp³-hybridized carbons (Fsp3) is 0.545. The van der Waals surface area contributed by atoms with Crippen molar-refractivity contribution in [3.05, 3.63) is 0 Å². The second-order valence-corrected chi connectivity index (χ2v) is 4.50. The van der Waals surface area contributed by atoms with Crippen molar-refractivity contribution in [3.63, 3.8) is 0 Å². The summed E-state index contributed by atoms with van der Waals surface area (Å²) in [5, 5.41) is 21.3.